The van der Waals surface area contributed by atoms with Gasteiger partial charge in [0.15, 0.2) is 11.2 Å². The van der Waals surface area contributed by atoms with Crippen molar-refractivity contribution < 1.29 is 9.90 Å². The summed E-state index contributed by atoms with van der Waals surface area (Å²) in [4.78, 5) is 29.3. The molecule has 2 heterocycles. The Kier molecular flexibility index (Phi) is 3.82. The normalized spacial score (nSPS) is 11.2. The molecule has 6 heteroatoms. The van der Waals surface area contributed by atoms with Gasteiger partial charge in [0.2, 0.25) is 0 Å². The van der Waals surface area contributed by atoms with E-state index in [2.05, 4.69) is 10.1 Å². The van der Waals surface area contributed by atoms with E-state index in [1.165, 1.54) is 6.07 Å². The zero-order valence-corrected chi connectivity index (χ0v) is 14.0. The van der Waals surface area contributed by atoms with E-state index in [-0.39, 0.29) is 5.43 Å². The van der Waals surface area contributed by atoms with Crippen molar-refractivity contribution in [2.45, 2.75) is 0 Å². The average Bonchev–Trinajstić information content (AvgIpc) is 3.05. The van der Waals surface area contributed by atoms with E-state index in [0.29, 0.717) is 27.2 Å². The average molecular weight is 345 g/mol. The summed E-state index contributed by atoms with van der Waals surface area (Å²) in [6.45, 7) is -0.591. The summed E-state index contributed by atoms with van der Waals surface area (Å²) in [5, 5.41) is 14.8. The Labute approximate surface area is 148 Å². The SMILES string of the molecule is Cn1cc(-c2cnc3ccc4ccc(C(=O)CO)cc4c(=O)c3c2)cn1. The largest absolute Gasteiger partial charge is 0.388 e. The van der Waals surface area contributed by atoms with Gasteiger partial charge in [0, 0.05) is 46.9 Å². The summed E-state index contributed by atoms with van der Waals surface area (Å²) in [5.74, 6) is -0.420. The predicted molar refractivity (Wildman–Crippen MR) is 99.1 cm³/mol. The summed E-state index contributed by atoms with van der Waals surface area (Å²) >= 11 is 0. The molecule has 26 heavy (non-hydrogen) atoms. The number of carbonyl (C=O) groups is 1. The predicted octanol–water partition coefficient (Wildman–Crippen LogP) is 2.32. The number of aryl methyl sites for hydroxylation is 1. The molecule has 0 bridgehead atoms. The van der Waals surface area contributed by atoms with E-state index < -0.39 is 12.4 Å². The smallest absolute Gasteiger partial charge is 0.195 e. The van der Waals surface area contributed by atoms with Crippen LogP contribution in [0.3, 0.4) is 0 Å². The molecule has 0 aliphatic heterocycles. The first kappa shape index (κ1) is 16.1. The van der Waals surface area contributed by atoms with E-state index >= 15 is 0 Å². The number of benzene rings is 1. The van der Waals surface area contributed by atoms with Crippen LogP contribution in [-0.4, -0.2) is 32.3 Å². The van der Waals surface area contributed by atoms with Crippen molar-refractivity contribution in [1.29, 1.82) is 0 Å². The monoisotopic (exact) mass is 345 g/mol. The van der Waals surface area contributed by atoms with Crippen molar-refractivity contribution in [2.75, 3.05) is 6.61 Å². The van der Waals surface area contributed by atoms with Gasteiger partial charge in [0.25, 0.3) is 0 Å². The van der Waals surface area contributed by atoms with Gasteiger partial charge in [0.1, 0.15) is 6.61 Å². The number of hydrogen-bond acceptors (Lipinski definition) is 5. The van der Waals surface area contributed by atoms with Gasteiger partial charge in [0.05, 0.1) is 11.7 Å². The highest BCUT2D eigenvalue weighted by Gasteiger charge is 2.10. The number of ketones is 1. The molecule has 0 aliphatic carbocycles. The van der Waals surface area contributed by atoms with Gasteiger partial charge in [-0.15, -0.1) is 0 Å². The molecule has 0 aliphatic rings. The van der Waals surface area contributed by atoms with Gasteiger partial charge >= 0.3 is 0 Å². The fraction of sp³-hybridized carbons (Fsp3) is 0.100. The van der Waals surface area contributed by atoms with Crippen molar-refractivity contribution in [2.24, 2.45) is 7.05 Å². The Balaban J connectivity index is 2.02. The second kappa shape index (κ2) is 6.16. The summed E-state index contributed by atoms with van der Waals surface area (Å²) in [6, 6.07) is 10.2. The highest BCUT2D eigenvalue weighted by Crippen LogP contribution is 2.22. The summed E-state index contributed by atoms with van der Waals surface area (Å²) in [7, 11) is 1.82. The third-order valence-electron chi connectivity index (χ3n) is 4.39. The molecule has 6 nitrogen and oxygen atoms in total. The second-order valence-electron chi connectivity index (χ2n) is 6.11. The first-order valence-electron chi connectivity index (χ1n) is 8.07. The number of aliphatic hydroxyl groups excluding tert-OH is 1. The zero-order chi connectivity index (χ0) is 18.3. The maximum Gasteiger partial charge on any atom is 0.195 e. The van der Waals surface area contributed by atoms with Crippen molar-refractivity contribution in [1.82, 2.24) is 14.8 Å². The molecule has 0 radical (unpaired) electrons. The van der Waals surface area contributed by atoms with Crippen LogP contribution in [0.5, 0.6) is 0 Å². The van der Waals surface area contributed by atoms with Crippen LogP contribution in [0.4, 0.5) is 0 Å². The highest BCUT2D eigenvalue weighted by atomic mass is 16.3. The van der Waals surface area contributed by atoms with Crippen molar-refractivity contribution in [3.63, 3.8) is 0 Å². The van der Waals surface area contributed by atoms with Gasteiger partial charge in [-0.25, -0.2) is 0 Å². The number of pyridine rings is 1. The number of rotatable bonds is 3. The number of hydrogen-bond donors (Lipinski definition) is 1. The Bertz CT molecular complexity index is 1230. The highest BCUT2D eigenvalue weighted by molar-refractivity contribution is 6.02. The Morgan fingerprint density at radius 1 is 1.08 bits per heavy atom. The minimum absolute atomic E-state index is 0.203. The topological polar surface area (TPSA) is 85.1 Å². The molecule has 4 aromatic rings. The number of nitrogens with zero attached hydrogens (tertiary/aromatic N) is 3. The molecule has 1 N–H and O–H groups in total. The Morgan fingerprint density at radius 3 is 2.62 bits per heavy atom. The van der Waals surface area contributed by atoms with Crippen LogP contribution in [0.15, 0.2) is 59.8 Å². The first-order valence-corrected chi connectivity index (χ1v) is 8.07. The van der Waals surface area contributed by atoms with Gasteiger partial charge in [-0.05, 0) is 23.6 Å². The lowest BCUT2D eigenvalue weighted by Gasteiger charge is -1.99. The lowest BCUT2D eigenvalue weighted by molar-refractivity contribution is 0.0904. The molecule has 0 fully saturated rings. The molecule has 0 spiro atoms. The molecule has 128 valence electrons. The Hall–Kier alpha value is -3.38. The molecule has 0 saturated carbocycles. The van der Waals surface area contributed by atoms with E-state index in [4.69, 9.17) is 5.11 Å². The molecule has 0 atom stereocenters. The molecule has 4 rings (SSSR count). The number of aliphatic hydroxyl groups is 1. The van der Waals surface area contributed by atoms with Crippen LogP contribution >= 0.6 is 0 Å². The van der Waals surface area contributed by atoms with Gasteiger partial charge in [-0.1, -0.05) is 18.2 Å². The van der Waals surface area contributed by atoms with Gasteiger partial charge in [-0.2, -0.15) is 5.10 Å². The van der Waals surface area contributed by atoms with Crippen molar-refractivity contribution in [3.05, 3.63) is 70.8 Å². The third kappa shape index (κ3) is 2.66. The third-order valence-corrected chi connectivity index (χ3v) is 4.39. The molecule has 2 aromatic carbocycles. The van der Waals surface area contributed by atoms with E-state index in [9.17, 15) is 9.59 Å². The second-order valence-corrected chi connectivity index (χ2v) is 6.11. The van der Waals surface area contributed by atoms with E-state index in [1.807, 2.05) is 19.3 Å². The van der Waals surface area contributed by atoms with Crippen LogP contribution in [0.25, 0.3) is 32.8 Å². The van der Waals surface area contributed by atoms with Gasteiger partial charge in [-0.3, -0.25) is 19.3 Å². The van der Waals surface area contributed by atoms with Gasteiger partial charge < -0.3 is 5.11 Å². The quantitative estimate of drug-likeness (QED) is 0.576. The van der Waals surface area contributed by atoms with Crippen LogP contribution in [-0.2, 0) is 7.05 Å². The zero-order valence-electron chi connectivity index (χ0n) is 14.0. The summed E-state index contributed by atoms with van der Waals surface area (Å²) < 4.78 is 1.69. The number of fused-ring (bicyclic) bond motifs is 2. The van der Waals surface area contributed by atoms with E-state index in [0.717, 1.165) is 11.1 Å². The number of aromatic nitrogens is 3. The lowest BCUT2D eigenvalue weighted by atomic mass is 10.1. The summed E-state index contributed by atoms with van der Waals surface area (Å²) in [5.41, 5.74) is 2.35. The molecule has 0 saturated heterocycles. The van der Waals surface area contributed by atoms with Crippen molar-refractivity contribution in [3.8, 4) is 11.1 Å². The Morgan fingerprint density at radius 2 is 1.88 bits per heavy atom. The first-order chi connectivity index (χ1) is 12.6. The fourth-order valence-electron chi connectivity index (χ4n) is 2.99. The van der Waals surface area contributed by atoms with Crippen LogP contribution in [0, 0.1) is 0 Å². The standard InChI is InChI=1S/C20H15N3O3/c1-23-10-15(9-22-23)14-7-17-18(21-8-14)5-4-12-2-3-13(19(25)11-24)6-16(12)20(17)26/h2-10,24H,11H2,1H3. The minimum atomic E-state index is -0.591. The minimum Gasteiger partial charge on any atom is -0.388 e. The fourth-order valence-corrected chi connectivity index (χ4v) is 2.99. The number of Topliss-reactive ketones (excluding diaryl/α,β-unsaturated/α-hetero) is 1. The molecular formula is C20H15N3O3. The molecule has 2 aromatic heterocycles. The lowest BCUT2D eigenvalue weighted by Crippen LogP contribution is -2.06. The molecular weight excluding hydrogens is 330 g/mol. The summed E-state index contributed by atoms with van der Waals surface area (Å²) in [6.07, 6.45) is 5.28. The maximum atomic E-state index is 13.1. The van der Waals surface area contributed by atoms with E-state index in [1.54, 1.807) is 41.3 Å². The van der Waals surface area contributed by atoms with Crippen molar-refractivity contribution >= 4 is 27.5 Å². The van der Waals surface area contributed by atoms with Crippen LogP contribution in [0.2, 0.25) is 0 Å². The van der Waals surface area contributed by atoms with Crippen LogP contribution < -0.4 is 5.43 Å². The molecule has 0 amide bonds. The molecule has 0 unspecified atom stereocenters. The number of carbonyl (C=O) groups excluding carboxylic acids is 1. The van der Waals surface area contributed by atoms with Crippen LogP contribution in [0.1, 0.15) is 10.4 Å². The maximum absolute atomic E-state index is 13.1.